The molecule has 0 spiro atoms. The number of hydrogen-bond donors (Lipinski definition) is 1. The van der Waals surface area contributed by atoms with Gasteiger partial charge in [-0.15, -0.1) is 0 Å². The van der Waals surface area contributed by atoms with Gasteiger partial charge < -0.3 is 14.4 Å². The molecule has 1 aromatic heterocycles. The number of halogens is 1. The van der Waals surface area contributed by atoms with Crippen LogP contribution in [-0.2, 0) is 6.54 Å². The molecule has 0 unspecified atom stereocenters. The Hall–Kier alpha value is -2.46. The predicted molar refractivity (Wildman–Crippen MR) is 95.2 cm³/mol. The minimum atomic E-state index is -0.916. The lowest BCUT2D eigenvalue weighted by Gasteiger charge is -2.10. The van der Waals surface area contributed by atoms with Gasteiger partial charge in [-0.2, -0.15) is 0 Å². The number of para-hydroxylation sites is 1. The number of aromatic nitrogens is 1. The third kappa shape index (κ3) is 3.39. The SMILES string of the molecule is Cc1cc(OCCCn2c(C(=O)O)cc3ccccc32)ccc1Cl. The number of fused-ring (bicyclic) bond motifs is 1. The van der Waals surface area contributed by atoms with Crippen LogP contribution in [0.5, 0.6) is 5.75 Å². The predicted octanol–water partition coefficient (Wildman–Crippen LogP) is 4.77. The van der Waals surface area contributed by atoms with Crippen LogP contribution in [0.25, 0.3) is 10.9 Å². The second-order valence-corrected chi connectivity index (χ2v) is 6.07. The average molecular weight is 344 g/mol. The summed E-state index contributed by atoms with van der Waals surface area (Å²) >= 11 is 6.00. The number of hydrogen-bond acceptors (Lipinski definition) is 2. The van der Waals surface area contributed by atoms with Gasteiger partial charge in [-0.05, 0) is 49.2 Å². The first-order chi connectivity index (χ1) is 11.6. The van der Waals surface area contributed by atoms with E-state index in [0.717, 1.165) is 22.2 Å². The standard InChI is InChI=1S/C19H18ClNO3/c1-13-11-15(7-8-16(13)20)24-10-4-9-21-17-6-3-2-5-14(17)12-18(21)19(22)23/h2-3,5-8,11-12H,4,9-10H2,1H3,(H,22,23). The smallest absolute Gasteiger partial charge is 0.352 e. The summed E-state index contributed by atoms with van der Waals surface area (Å²) in [5, 5.41) is 11.0. The summed E-state index contributed by atoms with van der Waals surface area (Å²) in [7, 11) is 0. The van der Waals surface area contributed by atoms with Gasteiger partial charge in [0.15, 0.2) is 0 Å². The monoisotopic (exact) mass is 343 g/mol. The largest absolute Gasteiger partial charge is 0.494 e. The molecule has 1 heterocycles. The van der Waals surface area contributed by atoms with Crippen molar-refractivity contribution >= 4 is 28.5 Å². The molecule has 0 fully saturated rings. The molecule has 0 saturated heterocycles. The van der Waals surface area contributed by atoms with E-state index in [1.54, 1.807) is 6.07 Å². The van der Waals surface area contributed by atoms with Crippen molar-refractivity contribution in [3.63, 3.8) is 0 Å². The van der Waals surface area contributed by atoms with E-state index in [1.807, 2.05) is 54.0 Å². The fourth-order valence-electron chi connectivity index (χ4n) is 2.75. The number of aromatic carboxylic acids is 1. The number of carboxylic acid groups (broad SMARTS) is 1. The van der Waals surface area contributed by atoms with Crippen molar-refractivity contribution in [2.45, 2.75) is 19.9 Å². The van der Waals surface area contributed by atoms with Gasteiger partial charge in [-0.25, -0.2) is 4.79 Å². The summed E-state index contributed by atoms with van der Waals surface area (Å²) in [6, 6.07) is 14.9. The zero-order valence-electron chi connectivity index (χ0n) is 13.3. The van der Waals surface area contributed by atoms with E-state index in [1.165, 1.54) is 0 Å². The van der Waals surface area contributed by atoms with Crippen LogP contribution in [0.15, 0.2) is 48.5 Å². The van der Waals surface area contributed by atoms with Gasteiger partial charge in [0.2, 0.25) is 0 Å². The summed E-state index contributed by atoms with van der Waals surface area (Å²) in [5.74, 6) is -0.145. The normalized spacial score (nSPS) is 10.9. The van der Waals surface area contributed by atoms with Crippen LogP contribution in [-0.4, -0.2) is 22.2 Å². The van der Waals surface area contributed by atoms with Crippen LogP contribution < -0.4 is 4.74 Å². The molecule has 3 aromatic rings. The zero-order chi connectivity index (χ0) is 17.1. The number of ether oxygens (including phenoxy) is 1. The van der Waals surface area contributed by atoms with E-state index >= 15 is 0 Å². The Labute approximate surface area is 145 Å². The second kappa shape index (κ2) is 6.97. The fourth-order valence-corrected chi connectivity index (χ4v) is 2.87. The summed E-state index contributed by atoms with van der Waals surface area (Å²) in [6.45, 7) is 3.02. The molecule has 0 amide bonds. The van der Waals surface area contributed by atoms with Gasteiger partial charge in [0.1, 0.15) is 11.4 Å². The Kier molecular flexibility index (Phi) is 4.76. The Morgan fingerprint density at radius 1 is 1.21 bits per heavy atom. The molecule has 2 aromatic carbocycles. The van der Waals surface area contributed by atoms with Gasteiger partial charge >= 0.3 is 5.97 Å². The van der Waals surface area contributed by atoms with Crippen LogP contribution >= 0.6 is 11.6 Å². The molecule has 1 N–H and O–H groups in total. The summed E-state index contributed by atoms with van der Waals surface area (Å²) in [5.41, 5.74) is 2.20. The molecular weight excluding hydrogens is 326 g/mol. The first-order valence-electron chi connectivity index (χ1n) is 7.77. The molecular formula is C19H18ClNO3. The molecule has 24 heavy (non-hydrogen) atoms. The second-order valence-electron chi connectivity index (χ2n) is 5.66. The van der Waals surface area contributed by atoms with Crippen molar-refractivity contribution in [1.29, 1.82) is 0 Å². The minimum absolute atomic E-state index is 0.304. The molecule has 0 aliphatic carbocycles. The van der Waals surface area contributed by atoms with Gasteiger partial charge in [0, 0.05) is 22.5 Å². The van der Waals surface area contributed by atoms with Crippen LogP contribution in [0.3, 0.4) is 0 Å². The highest BCUT2D eigenvalue weighted by Crippen LogP contribution is 2.22. The molecule has 0 aliphatic heterocycles. The van der Waals surface area contributed by atoms with Gasteiger partial charge in [0.05, 0.1) is 6.61 Å². The van der Waals surface area contributed by atoms with E-state index < -0.39 is 5.97 Å². The van der Waals surface area contributed by atoms with Crippen molar-refractivity contribution in [2.75, 3.05) is 6.61 Å². The Morgan fingerprint density at radius 3 is 2.75 bits per heavy atom. The van der Waals surface area contributed by atoms with Gasteiger partial charge in [-0.1, -0.05) is 29.8 Å². The molecule has 4 nitrogen and oxygen atoms in total. The van der Waals surface area contributed by atoms with Crippen molar-refractivity contribution in [3.8, 4) is 5.75 Å². The number of carbonyl (C=O) groups is 1. The van der Waals surface area contributed by atoms with Crippen LogP contribution in [0.2, 0.25) is 5.02 Å². The van der Waals surface area contributed by atoms with Crippen molar-refractivity contribution in [3.05, 3.63) is 64.8 Å². The first-order valence-corrected chi connectivity index (χ1v) is 8.14. The minimum Gasteiger partial charge on any atom is -0.494 e. The molecule has 0 atom stereocenters. The van der Waals surface area contributed by atoms with E-state index in [9.17, 15) is 9.90 Å². The van der Waals surface area contributed by atoms with Gasteiger partial charge in [0.25, 0.3) is 0 Å². The lowest BCUT2D eigenvalue weighted by molar-refractivity contribution is 0.0685. The Balaban J connectivity index is 1.68. The van der Waals surface area contributed by atoms with Crippen molar-refractivity contribution < 1.29 is 14.6 Å². The molecule has 0 bridgehead atoms. The maximum absolute atomic E-state index is 11.5. The molecule has 0 saturated carbocycles. The zero-order valence-corrected chi connectivity index (χ0v) is 14.1. The number of aryl methyl sites for hydroxylation is 2. The lowest BCUT2D eigenvalue weighted by Crippen LogP contribution is -2.10. The van der Waals surface area contributed by atoms with Gasteiger partial charge in [-0.3, -0.25) is 0 Å². The number of rotatable bonds is 6. The molecule has 0 aliphatic rings. The summed E-state index contributed by atoms with van der Waals surface area (Å²) in [6.07, 6.45) is 0.709. The summed E-state index contributed by atoms with van der Waals surface area (Å²) in [4.78, 5) is 11.5. The van der Waals surface area contributed by atoms with E-state index in [4.69, 9.17) is 16.3 Å². The number of carboxylic acids is 1. The van der Waals surface area contributed by atoms with Crippen molar-refractivity contribution in [1.82, 2.24) is 4.57 Å². The molecule has 5 heteroatoms. The number of benzene rings is 2. The topological polar surface area (TPSA) is 51.5 Å². The van der Waals surface area contributed by atoms with E-state index in [-0.39, 0.29) is 0 Å². The highest BCUT2D eigenvalue weighted by molar-refractivity contribution is 6.31. The van der Waals surface area contributed by atoms with Crippen LogP contribution in [0, 0.1) is 6.92 Å². The Morgan fingerprint density at radius 2 is 2.00 bits per heavy atom. The number of nitrogens with zero attached hydrogens (tertiary/aromatic N) is 1. The highest BCUT2D eigenvalue weighted by Gasteiger charge is 2.13. The summed E-state index contributed by atoms with van der Waals surface area (Å²) < 4.78 is 7.56. The molecule has 124 valence electrons. The van der Waals surface area contributed by atoms with E-state index in [2.05, 4.69) is 0 Å². The third-order valence-electron chi connectivity index (χ3n) is 3.95. The first kappa shape index (κ1) is 16.4. The average Bonchev–Trinajstić information content (AvgIpc) is 2.94. The van der Waals surface area contributed by atoms with Crippen LogP contribution in [0.1, 0.15) is 22.5 Å². The maximum Gasteiger partial charge on any atom is 0.352 e. The molecule has 0 radical (unpaired) electrons. The quantitative estimate of drug-likeness (QED) is 0.656. The van der Waals surface area contributed by atoms with Crippen molar-refractivity contribution in [2.24, 2.45) is 0 Å². The third-order valence-corrected chi connectivity index (χ3v) is 4.38. The highest BCUT2D eigenvalue weighted by atomic mass is 35.5. The Bertz CT molecular complexity index is 885. The molecule has 3 rings (SSSR count). The lowest BCUT2D eigenvalue weighted by atomic mass is 10.2. The van der Waals surface area contributed by atoms with E-state index in [0.29, 0.717) is 30.3 Å². The van der Waals surface area contributed by atoms with Crippen LogP contribution in [0.4, 0.5) is 0 Å². The fraction of sp³-hybridized carbons (Fsp3) is 0.211. The maximum atomic E-state index is 11.5.